The maximum Gasteiger partial charge on any atom is 0.270 e. The van der Waals surface area contributed by atoms with Crippen molar-refractivity contribution < 1.29 is 9.90 Å². The lowest BCUT2D eigenvalue weighted by atomic mass is 10.1. The zero-order valence-corrected chi connectivity index (χ0v) is 10.6. The summed E-state index contributed by atoms with van der Waals surface area (Å²) >= 11 is 11.3. The monoisotopic (exact) mass is 282 g/mol. The molecule has 0 aliphatic carbocycles. The molecule has 1 aromatic heterocycles. The third kappa shape index (κ3) is 2.67. The molecule has 0 amide bonds. The van der Waals surface area contributed by atoms with E-state index in [1.807, 2.05) is 0 Å². The Morgan fingerprint density at radius 3 is 2.67 bits per heavy atom. The van der Waals surface area contributed by atoms with E-state index in [1.165, 1.54) is 12.4 Å². The van der Waals surface area contributed by atoms with Crippen LogP contribution in [-0.4, -0.2) is 20.3 Å². The van der Waals surface area contributed by atoms with Gasteiger partial charge in [-0.05, 0) is 29.3 Å². The van der Waals surface area contributed by atoms with E-state index in [-0.39, 0.29) is 12.3 Å². The van der Waals surface area contributed by atoms with E-state index in [0.717, 1.165) is 5.56 Å². The molecule has 0 fully saturated rings. The van der Waals surface area contributed by atoms with Crippen LogP contribution in [0, 0.1) is 0 Å². The van der Waals surface area contributed by atoms with Crippen molar-refractivity contribution in [2.24, 2.45) is 0 Å². The molecular weight excluding hydrogens is 275 g/mol. The Morgan fingerprint density at radius 2 is 2.06 bits per heavy atom. The first-order valence-corrected chi connectivity index (χ1v) is 5.79. The molecule has 1 heterocycles. The number of rotatable bonds is 3. The van der Waals surface area contributed by atoms with Crippen molar-refractivity contribution in [3.8, 4) is 11.3 Å². The van der Waals surface area contributed by atoms with Gasteiger partial charge in [0, 0.05) is 10.6 Å². The van der Waals surface area contributed by atoms with Gasteiger partial charge in [-0.15, -0.1) is 0 Å². The largest absolute Gasteiger partial charge is 0.392 e. The molecule has 6 heteroatoms. The average molecular weight is 283 g/mol. The molecule has 1 aromatic carbocycles. The van der Waals surface area contributed by atoms with Crippen molar-refractivity contribution in [2.45, 2.75) is 6.61 Å². The standard InChI is InChI=1S/C12H8Cl2N2O2/c13-9-3-7(1-2-8(9)5-17)10-4-11(12(14)18)16-6-15-10/h1-4,6,17H,5H2. The normalized spacial score (nSPS) is 10.4. The topological polar surface area (TPSA) is 63.1 Å². The zero-order valence-electron chi connectivity index (χ0n) is 9.10. The molecule has 0 spiro atoms. The predicted molar refractivity (Wildman–Crippen MR) is 68.6 cm³/mol. The number of carbonyl (C=O) groups is 1. The van der Waals surface area contributed by atoms with Crippen molar-refractivity contribution in [3.63, 3.8) is 0 Å². The zero-order chi connectivity index (χ0) is 13.1. The van der Waals surface area contributed by atoms with Crippen LogP contribution in [0.3, 0.4) is 0 Å². The number of carbonyl (C=O) groups excluding carboxylic acids is 1. The second-order valence-electron chi connectivity index (χ2n) is 3.53. The first kappa shape index (κ1) is 13.0. The fourth-order valence-electron chi connectivity index (χ4n) is 1.46. The van der Waals surface area contributed by atoms with Gasteiger partial charge < -0.3 is 5.11 Å². The van der Waals surface area contributed by atoms with E-state index in [4.69, 9.17) is 28.3 Å². The molecule has 0 saturated heterocycles. The number of hydrogen-bond acceptors (Lipinski definition) is 4. The van der Waals surface area contributed by atoms with Gasteiger partial charge in [0.25, 0.3) is 5.24 Å². The van der Waals surface area contributed by atoms with Crippen LogP contribution in [0.25, 0.3) is 11.3 Å². The molecule has 0 radical (unpaired) electrons. The second-order valence-corrected chi connectivity index (χ2v) is 4.28. The Bertz CT molecular complexity index is 602. The molecule has 0 bridgehead atoms. The molecule has 2 rings (SSSR count). The smallest absolute Gasteiger partial charge is 0.270 e. The lowest BCUT2D eigenvalue weighted by molar-refractivity contribution is 0.107. The van der Waals surface area contributed by atoms with Crippen LogP contribution < -0.4 is 0 Å². The van der Waals surface area contributed by atoms with Gasteiger partial charge in [-0.1, -0.05) is 23.7 Å². The molecule has 18 heavy (non-hydrogen) atoms. The van der Waals surface area contributed by atoms with E-state index in [9.17, 15) is 4.79 Å². The molecule has 2 aromatic rings. The van der Waals surface area contributed by atoms with E-state index in [0.29, 0.717) is 16.3 Å². The van der Waals surface area contributed by atoms with Crippen molar-refractivity contribution in [1.29, 1.82) is 0 Å². The number of halogens is 2. The number of nitrogens with zero attached hydrogens (tertiary/aromatic N) is 2. The summed E-state index contributed by atoms with van der Waals surface area (Å²) in [5, 5.41) is 8.82. The van der Waals surface area contributed by atoms with Gasteiger partial charge in [0.2, 0.25) is 0 Å². The number of benzene rings is 1. The second kappa shape index (κ2) is 5.44. The quantitative estimate of drug-likeness (QED) is 0.880. The third-order valence-corrected chi connectivity index (χ3v) is 2.93. The highest BCUT2D eigenvalue weighted by molar-refractivity contribution is 6.67. The molecule has 92 valence electrons. The Hall–Kier alpha value is -1.49. The van der Waals surface area contributed by atoms with Gasteiger partial charge in [-0.3, -0.25) is 4.79 Å². The van der Waals surface area contributed by atoms with Gasteiger partial charge in [0.1, 0.15) is 12.0 Å². The summed E-state index contributed by atoms with van der Waals surface area (Å²) in [5.74, 6) is 0. The highest BCUT2D eigenvalue weighted by atomic mass is 35.5. The van der Waals surface area contributed by atoms with Gasteiger partial charge in [0.15, 0.2) is 0 Å². The van der Waals surface area contributed by atoms with Crippen molar-refractivity contribution in [3.05, 3.63) is 46.9 Å². The van der Waals surface area contributed by atoms with Crippen LogP contribution in [0.1, 0.15) is 16.1 Å². The van der Waals surface area contributed by atoms with Gasteiger partial charge >= 0.3 is 0 Å². The van der Waals surface area contributed by atoms with Gasteiger partial charge in [0.05, 0.1) is 12.3 Å². The van der Waals surface area contributed by atoms with Crippen molar-refractivity contribution in [2.75, 3.05) is 0 Å². The Kier molecular flexibility index (Phi) is 3.91. The number of hydrogen-bond donors (Lipinski definition) is 1. The summed E-state index contributed by atoms with van der Waals surface area (Å²) in [5.41, 5.74) is 2.02. The highest BCUT2D eigenvalue weighted by Gasteiger charge is 2.08. The maximum atomic E-state index is 11.0. The number of aromatic nitrogens is 2. The van der Waals surface area contributed by atoms with Crippen LogP contribution in [0.2, 0.25) is 5.02 Å². The van der Waals surface area contributed by atoms with E-state index in [2.05, 4.69) is 9.97 Å². The van der Waals surface area contributed by atoms with Crippen LogP contribution >= 0.6 is 23.2 Å². The summed E-state index contributed by atoms with van der Waals surface area (Å²) in [6, 6.07) is 6.60. The molecule has 0 saturated carbocycles. The molecule has 0 aliphatic heterocycles. The Morgan fingerprint density at radius 1 is 1.28 bits per heavy atom. The molecule has 1 N–H and O–H groups in total. The minimum atomic E-state index is -0.642. The summed E-state index contributed by atoms with van der Waals surface area (Å²) in [7, 11) is 0. The molecule has 4 nitrogen and oxygen atoms in total. The minimum absolute atomic E-state index is 0.129. The van der Waals surface area contributed by atoms with Crippen LogP contribution in [0.4, 0.5) is 0 Å². The van der Waals surface area contributed by atoms with E-state index < -0.39 is 5.24 Å². The van der Waals surface area contributed by atoms with Gasteiger partial charge in [-0.25, -0.2) is 9.97 Å². The maximum absolute atomic E-state index is 11.0. The van der Waals surface area contributed by atoms with Crippen LogP contribution in [0.15, 0.2) is 30.6 Å². The predicted octanol–water partition coefficient (Wildman–Crippen LogP) is 2.67. The molecular formula is C12H8Cl2N2O2. The lowest BCUT2D eigenvalue weighted by Crippen LogP contribution is -1.96. The fraction of sp³-hybridized carbons (Fsp3) is 0.0833. The van der Waals surface area contributed by atoms with E-state index in [1.54, 1.807) is 18.2 Å². The summed E-state index contributed by atoms with van der Waals surface area (Å²) in [4.78, 5) is 18.8. The Balaban J connectivity index is 2.45. The van der Waals surface area contributed by atoms with Crippen molar-refractivity contribution >= 4 is 28.4 Å². The summed E-state index contributed by atoms with van der Waals surface area (Å²) < 4.78 is 0. The highest BCUT2D eigenvalue weighted by Crippen LogP contribution is 2.24. The molecule has 0 unspecified atom stereocenters. The average Bonchev–Trinajstić information content (AvgIpc) is 2.38. The third-order valence-electron chi connectivity index (χ3n) is 2.39. The van der Waals surface area contributed by atoms with Gasteiger partial charge in [-0.2, -0.15) is 0 Å². The fourth-order valence-corrected chi connectivity index (χ4v) is 1.80. The van der Waals surface area contributed by atoms with Crippen molar-refractivity contribution in [1.82, 2.24) is 9.97 Å². The van der Waals surface area contributed by atoms with Crippen LogP contribution in [-0.2, 0) is 6.61 Å². The first-order chi connectivity index (χ1) is 8.61. The number of aliphatic hydroxyl groups is 1. The first-order valence-electron chi connectivity index (χ1n) is 5.03. The summed E-state index contributed by atoms with van der Waals surface area (Å²) in [6.45, 7) is -0.131. The molecule has 0 aliphatic rings. The minimum Gasteiger partial charge on any atom is -0.392 e. The van der Waals surface area contributed by atoms with E-state index >= 15 is 0 Å². The Labute approximate surface area is 113 Å². The number of aliphatic hydroxyl groups excluding tert-OH is 1. The summed E-state index contributed by atoms with van der Waals surface area (Å²) in [6.07, 6.45) is 1.26. The van der Waals surface area contributed by atoms with Crippen LogP contribution in [0.5, 0.6) is 0 Å². The molecule has 0 atom stereocenters. The lowest BCUT2D eigenvalue weighted by Gasteiger charge is -2.05. The SMILES string of the molecule is O=C(Cl)c1cc(-c2ccc(CO)c(Cl)c2)ncn1.